The van der Waals surface area contributed by atoms with E-state index in [1.807, 2.05) is 0 Å². The summed E-state index contributed by atoms with van der Waals surface area (Å²) in [4.78, 5) is 22.4. The Labute approximate surface area is 128 Å². The normalized spacial score (nSPS) is 12.8. The maximum Gasteiger partial charge on any atom is 0.330 e. The molecule has 0 saturated carbocycles. The molecule has 1 aromatic carbocycles. The number of hydrogen-bond donors (Lipinski definition) is 2. The molecule has 0 aliphatic heterocycles. The molecule has 6 nitrogen and oxygen atoms in total. The molecule has 22 heavy (non-hydrogen) atoms. The van der Waals surface area contributed by atoms with Crippen LogP contribution in [-0.2, 0) is 19.1 Å². The predicted molar refractivity (Wildman–Crippen MR) is 78.7 cm³/mol. The molecule has 0 heterocycles. The first-order valence-corrected chi connectivity index (χ1v) is 6.53. The number of benzene rings is 1. The molecule has 118 valence electrons. The van der Waals surface area contributed by atoms with Crippen molar-refractivity contribution < 1.29 is 29.3 Å². The van der Waals surface area contributed by atoms with Crippen molar-refractivity contribution in [2.45, 2.75) is 12.2 Å². The summed E-state index contributed by atoms with van der Waals surface area (Å²) in [6, 6.07) is 6.43. The van der Waals surface area contributed by atoms with Gasteiger partial charge in [0.25, 0.3) is 0 Å². The molecule has 0 bridgehead atoms. The molecule has 0 aromatic heterocycles. The zero-order valence-electron chi connectivity index (χ0n) is 12.0. The van der Waals surface area contributed by atoms with Crippen molar-refractivity contribution in [3.8, 4) is 0 Å². The number of carbonyl (C=O) groups is 2. The molecule has 0 fully saturated rings. The van der Waals surface area contributed by atoms with Crippen LogP contribution in [0.1, 0.15) is 23.3 Å². The molecule has 2 N–H and O–H groups in total. The smallest absolute Gasteiger partial charge is 0.330 e. The molecular formula is C16H18O6. The maximum atomic E-state index is 11.2. The molecular weight excluding hydrogens is 288 g/mol. The fourth-order valence-corrected chi connectivity index (χ4v) is 1.72. The summed E-state index contributed by atoms with van der Waals surface area (Å²) in [6.45, 7) is 5.81. The van der Waals surface area contributed by atoms with Crippen LogP contribution >= 0.6 is 0 Å². The van der Waals surface area contributed by atoms with Gasteiger partial charge in [-0.25, -0.2) is 9.59 Å². The second-order valence-electron chi connectivity index (χ2n) is 4.29. The zero-order chi connectivity index (χ0) is 16.5. The number of carbonyl (C=O) groups excluding carboxylic acids is 2. The van der Waals surface area contributed by atoms with Crippen LogP contribution in [0.15, 0.2) is 49.6 Å². The van der Waals surface area contributed by atoms with E-state index in [-0.39, 0.29) is 13.2 Å². The summed E-state index contributed by atoms with van der Waals surface area (Å²) >= 11 is 0. The van der Waals surface area contributed by atoms with Crippen molar-refractivity contribution in [2.75, 3.05) is 13.2 Å². The average Bonchev–Trinajstić information content (AvgIpc) is 2.57. The van der Waals surface area contributed by atoms with Crippen molar-refractivity contribution in [1.82, 2.24) is 0 Å². The number of rotatable bonds is 8. The summed E-state index contributed by atoms with van der Waals surface area (Å²) in [5.41, 5.74) is 1.13. The van der Waals surface area contributed by atoms with E-state index in [9.17, 15) is 19.8 Å². The predicted octanol–water partition coefficient (Wildman–Crippen LogP) is 1.21. The second-order valence-corrected chi connectivity index (χ2v) is 4.29. The van der Waals surface area contributed by atoms with E-state index < -0.39 is 24.1 Å². The topological polar surface area (TPSA) is 93.1 Å². The lowest BCUT2D eigenvalue weighted by atomic mass is 10.0. The Balaban J connectivity index is 2.87. The first-order chi connectivity index (χ1) is 10.5. The van der Waals surface area contributed by atoms with Gasteiger partial charge in [-0.05, 0) is 11.1 Å². The third-order valence-electron chi connectivity index (χ3n) is 2.86. The summed E-state index contributed by atoms with van der Waals surface area (Å²) < 4.78 is 9.98. The maximum absolute atomic E-state index is 11.2. The van der Waals surface area contributed by atoms with Gasteiger partial charge in [-0.2, -0.15) is 0 Å². The minimum atomic E-state index is -0.817. The highest BCUT2D eigenvalue weighted by Crippen LogP contribution is 2.22. The standard InChI is InChI=1S/C16H18O6/c1-3-15(19)21-13(9-17)11-5-7-12(8-6-11)14(10-18)22-16(20)4-2/h3-8,13-14,17-18H,1-2,9-10H2. The van der Waals surface area contributed by atoms with E-state index >= 15 is 0 Å². The van der Waals surface area contributed by atoms with Gasteiger partial charge in [-0.1, -0.05) is 37.4 Å². The van der Waals surface area contributed by atoms with E-state index in [1.54, 1.807) is 24.3 Å². The van der Waals surface area contributed by atoms with Gasteiger partial charge in [0.05, 0.1) is 13.2 Å². The molecule has 0 radical (unpaired) electrons. The lowest BCUT2D eigenvalue weighted by molar-refractivity contribution is -0.146. The minimum Gasteiger partial charge on any atom is -0.452 e. The van der Waals surface area contributed by atoms with E-state index in [4.69, 9.17) is 9.47 Å². The van der Waals surface area contributed by atoms with Crippen LogP contribution in [-0.4, -0.2) is 35.4 Å². The number of aliphatic hydroxyl groups excluding tert-OH is 2. The Kier molecular flexibility index (Phi) is 7.01. The van der Waals surface area contributed by atoms with Gasteiger partial charge >= 0.3 is 11.9 Å². The van der Waals surface area contributed by atoms with Crippen molar-refractivity contribution >= 4 is 11.9 Å². The fourth-order valence-electron chi connectivity index (χ4n) is 1.72. The second kappa shape index (κ2) is 8.76. The van der Waals surface area contributed by atoms with E-state index in [1.165, 1.54) is 0 Å². The molecule has 0 aliphatic carbocycles. The van der Waals surface area contributed by atoms with Crippen LogP contribution in [0.5, 0.6) is 0 Å². The van der Waals surface area contributed by atoms with Crippen LogP contribution in [0, 0.1) is 0 Å². The Hall–Kier alpha value is -2.44. The van der Waals surface area contributed by atoms with Crippen LogP contribution in [0.25, 0.3) is 0 Å². The lowest BCUT2D eigenvalue weighted by Crippen LogP contribution is -2.15. The Morgan fingerprint density at radius 3 is 1.45 bits per heavy atom. The monoisotopic (exact) mass is 306 g/mol. The average molecular weight is 306 g/mol. The molecule has 2 atom stereocenters. The largest absolute Gasteiger partial charge is 0.452 e. The van der Waals surface area contributed by atoms with E-state index in [2.05, 4.69) is 13.2 Å². The van der Waals surface area contributed by atoms with Gasteiger partial charge in [-0.15, -0.1) is 0 Å². The number of ether oxygens (including phenoxy) is 2. The van der Waals surface area contributed by atoms with Gasteiger partial charge in [-0.3, -0.25) is 0 Å². The zero-order valence-corrected chi connectivity index (χ0v) is 12.0. The Bertz CT molecular complexity index is 485. The third kappa shape index (κ3) is 4.83. The molecule has 2 unspecified atom stereocenters. The van der Waals surface area contributed by atoms with Crippen molar-refractivity contribution in [3.63, 3.8) is 0 Å². The van der Waals surface area contributed by atoms with Crippen LogP contribution < -0.4 is 0 Å². The minimum absolute atomic E-state index is 0.381. The third-order valence-corrected chi connectivity index (χ3v) is 2.86. The molecule has 1 aromatic rings. The number of hydrogen-bond acceptors (Lipinski definition) is 6. The van der Waals surface area contributed by atoms with Crippen LogP contribution in [0.4, 0.5) is 0 Å². The van der Waals surface area contributed by atoms with Crippen LogP contribution in [0.2, 0.25) is 0 Å². The fraction of sp³-hybridized carbons (Fsp3) is 0.250. The summed E-state index contributed by atoms with van der Waals surface area (Å²) in [5.74, 6) is -1.28. The summed E-state index contributed by atoms with van der Waals surface area (Å²) in [6.07, 6.45) is 0.381. The SMILES string of the molecule is C=CC(=O)OC(CO)c1ccc(C(CO)OC(=O)C=C)cc1. The van der Waals surface area contributed by atoms with Gasteiger partial charge in [0.15, 0.2) is 12.2 Å². The highest BCUT2D eigenvalue weighted by Gasteiger charge is 2.17. The Morgan fingerprint density at radius 2 is 1.23 bits per heavy atom. The lowest BCUT2D eigenvalue weighted by Gasteiger charge is -2.18. The first kappa shape index (κ1) is 17.6. The van der Waals surface area contributed by atoms with Crippen molar-refractivity contribution in [2.24, 2.45) is 0 Å². The molecule has 0 saturated heterocycles. The van der Waals surface area contributed by atoms with Crippen molar-refractivity contribution in [1.29, 1.82) is 0 Å². The summed E-state index contributed by atoms with van der Waals surface area (Å²) in [5, 5.41) is 18.5. The first-order valence-electron chi connectivity index (χ1n) is 6.53. The van der Waals surface area contributed by atoms with Gasteiger partial charge in [0.2, 0.25) is 0 Å². The number of aliphatic hydroxyl groups is 2. The molecule has 0 amide bonds. The van der Waals surface area contributed by atoms with Gasteiger partial charge in [0, 0.05) is 12.2 Å². The molecule has 6 heteroatoms. The Morgan fingerprint density at radius 1 is 0.909 bits per heavy atom. The van der Waals surface area contributed by atoms with Crippen molar-refractivity contribution in [3.05, 3.63) is 60.7 Å². The summed E-state index contributed by atoms with van der Waals surface area (Å²) in [7, 11) is 0. The van der Waals surface area contributed by atoms with E-state index in [0.29, 0.717) is 11.1 Å². The quantitative estimate of drug-likeness (QED) is 0.554. The highest BCUT2D eigenvalue weighted by molar-refractivity contribution is 5.81. The number of esters is 2. The van der Waals surface area contributed by atoms with Gasteiger partial charge < -0.3 is 19.7 Å². The van der Waals surface area contributed by atoms with Crippen LogP contribution in [0.3, 0.4) is 0 Å². The van der Waals surface area contributed by atoms with Gasteiger partial charge in [0.1, 0.15) is 0 Å². The molecule has 1 rings (SSSR count). The molecule has 0 aliphatic rings. The highest BCUT2D eigenvalue weighted by atomic mass is 16.6. The van der Waals surface area contributed by atoms with E-state index in [0.717, 1.165) is 12.2 Å². The molecule has 0 spiro atoms.